The number of hydrogen-bond donors (Lipinski definition) is 2. The zero-order chi connectivity index (χ0) is 11.0. The molecule has 0 saturated carbocycles. The number of carboxylic acid groups (broad SMARTS) is 1. The molecular formula is C11H10FNO2. The van der Waals surface area contributed by atoms with Gasteiger partial charge < -0.3 is 10.1 Å². The molecule has 1 heterocycles. The Hall–Kier alpha value is -1.84. The van der Waals surface area contributed by atoms with Gasteiger partial charge in [0.25, 0.3) is 0 Å². The highest BCUT2D eigenvalue weighted by atomic mass is 19.1. The quantitative estimate of drug-likeness (QED) is 0.794. The Morgan fingerprint density at radius 2 is 2.27 bits per heavy atom. The summed E-state index contributed by atoms with van der Waals surface area (Å²) in [5.74, 6) is -1.92. The molecule has 78 valence electrons. The number of aliphatic carboxylic acids is 1. The van der Waals surface area contributed by atoms with Gasteiger partial charge >= 0.3 is 5.97 Å². The normalized spacial score (nSPS) is 12.9. The van der Waals surface area contributed by atoms with Gasteiger partial charge in [-0.25, -0.2) is 4.39 Å². The second kappa shape index (κ2) is 3.38. The predicted octanol–water partition coefficient (Wildman–Crippen LogP) is 2.50. The van der Waals surface area contributed by atoms with E-state index in [1.807, 2.05) is 0 Å². The lowest BCUT2D eigenvalue weighted by molar-refractivity contribution is -0.138. The molecule has 1 aromatic heterocycles. The van der Waals surface area contributed by atoms with Crippen LogP contribution < -0.4 is 0 Å². The number of nitrogens with one attached hydrogen (secondary N) is 1. The standard InChI is InChI=1S/C11H10FNO2/c1-6(11(14)15)9-5-13-10-3-2-7(12)4-8(9)10/h2-6,13H,1H3,(H,14,15). The number of aromatic amines is 1. The van der Waals surface area contributed by atoms with Crippen LogP contribution in [0.25, 0.3) is 10.9 Å². The van der Waals surface area contributed by atoms with Crippen LogP contribution in [0.4, 0.5) is 4.39 Å². The van der Waals surface area contributed by atoms with Gasteiger partial charge in [-0.2, -0.15) is 0 Å². The molecule has 1 aromatic carbocycles. The third-order valence-electron chi connectivity index (χ3n) is 2.51. The minimum Gasteiger partial charge on any atom is -0.481 e. The van der Waals surface area contributed by atoms with Crippen LogP contribution in [0.2, 0.25) is 0 Å². The van der Waals surface area contributed by atoms with Crippen molar-refractivity contribution in [2.45, 2.75) is 12.8 Å². The molecule has 3 nitrogen and oxygen atoms in total. The van der Waals surface area contributed by atoms with Crippen molar-refractivity contribution in [1.29, 1.82) is 0 Å². The van der Waals surface area contributed by atoms with Gasteiger partial charge in [-0.3, -0.25) is 4.79 Å². The lowest BCUT2D eigenvalue weighted by atomic mass is 10.0. The lowest BCUT2D eigenvalue weighted by Crippen LogP contribution is -2.06. The lowest BCUT2D eigenvalue weighted by Gasteiger charge is -2.03. The van der Waals surface area contributed by atoms with E-state index in [1.165, 1.54) is 12.1 Å². The van der Waals surface area contributed by atoms with Crippen molar-refractivity contribution in [3.8, 4) is 0 Å². The van der Waals surface area contributed by atoms with Crippen LogP contribution in [-0.2, 0) is 4.79 Å². The summed E-state index contributed by atoms with van der Waals surface area (Å²) >= 11 is 0. The van der Waals surface area contributed by atoms with E-state index in [-0.39, 0.29) is 5.82 Å². The van der Waals surface area contributed by atoms with E-state index in [2.05, 4.69) is 4.98 Å². The second-order valence-electron chi connectivity index (χ2n) is 3.49. The van der Waals surface area contributed by atoms with Crippen molar-refractivity contribution in [1.82, 2.24) is 4.98 Å². The molecule has 0 aliphatic heterocycles. The Kier molecular flexibility index (Phi) is 2.19. The molecule has 4 heteroatoms. The average molecular weight is 207 g/mol. The van der Waals surface area contributed by atoms with Crippen LogP contribution in [-0.4, -0.2) is 16.1 Å². The first kappa shape index (κ1) is 9.71. The van der Waals surface area contributed by atoms with Crippen LogP contribution in [0, 0.1) is 5.82 Å². The number of aromatic nitrogens is 1. The SMILES string of the molecule is CC(C(=O)O)c1c[nH]c2ccc(F)cc12. The summed E-state index contributed by atoms with van der Waals surface area (Å²) in [6.07, 6.45) is 1.61. The van der Waals surface area contributed by atoms with Crippen molar-refractivity contribution in [3.63, 3.8) is 0 Å². The number of fused-ring (bicyclic) bond motifs is 1. The Morgan fingerprint density at radius 1 is 1.53 bits per heavy atom. The number of benzene rings is 1. The molecule has 15 heavy (non-hydrogen) atoms. The third-order valence-corrected chi connectivity index (χ3v) is 2.51. The Bertz CT molecular complexity index is 518. The van der Waals surface area contributed by atoms with E-state index in [1.54, 1.807) is 19.2 Å². The summed E-state index contributed by atoms with van der Waals surface area (Å²) in [6.45, 7) is 1.58. The van der Waals surface area contributed by atoms with Crippen LogP contribution in [0.1, 0.15) is 18.4 Å². The Labute approximate surface area is 85.5 Å². The zero-order valence-electron chi connectivity index (χ0n) is 8.12. The monoisotopic (exact) mass is 207 g/mol. The topological polar surface area (TPSA) is 53.1 Å². The first-order valence-electron chi connectivity index (χ1n) is 4.59. The highest BCUT2D eigenvalue weighted by Crippen LogP contribution is 2.26. The highest BCUT2D eigenvalue weighted by molar-refractivity contribution is 5.89. The summed E-state index contributed by atoms with van der Waals surface area (Å²) in [5, 5.41) is 9.50. The fraction of sp³-hybridized carbons (Fsp3) is 0.182. The average Bonchev–Trinajstić information content (AvgIpc) is 2.59. The summed E-state index contributed by atoms with van der Waals surface area (Å²) < 4.78 is 13.0. The maximum absolute atomic E-state index is 13.0. The molecule has 2 rings (SSSR count). The van der Waals surface area contributed by atoms with Gasteiger partial charge in [-0.1, -0.05) is 0 Å². The molecule has 0 aliphatic rings. The van der Waals surface area contributed by atoms with E-state index in [4.69, 9.17) is 5.11 Å². The first-order valence-corrected chi connectivity index (χ1v) is 4.59. The number of carboxylic acids is 1. The molecule has 0 amide bonds. The molecular weight excluding hydrogens is 197 g/mol. The van der Waals surface area contributed by atoms with E-state index in [9.17, 15) is 9.18 Å². The number of rotatable bonds is 2. The van der Waals surface area contributed by atoms with Crippen LogP contribution in [0.15, 0.2) is 24.4 Å². The molecule has 0 fully saturated rings. The van der Waals surface area contributed by atoms with Crippen molar-refractivity contribution < 1.29 is 14.3 Å². The van der Waals surface area contributed by atoms with Crippen LogP contribution in [0.5, 0.6) is 0 Å². The molecule has 0 saturated heterocycles. The highest BCUT2D eigenvalue weighted by Gasteiger charge is 2.17. The van der Waals surface area contributed by atoms with Gasteiger partial charge in [-0.15, -0.1) is 0 Å². The number of carbonyl (C=O) groups is 1. The summed E-state index contributed by atoms with van der Waals surface area (Å²) in [4.78, 5) is 13.7. The summed E-state index contributed by atoms with van der Waals surface area (Å²) in [6, 6.07) is 4.29. The predicted molar refractivity (Wildman–Crippen MR) is 54.3 cm³/mol. The smallest absolute Gasteiger partial charge is 0.310 e. The molecule has 2 aromatic rings. The number of hydrogen-bond acceptors (Lipinski definition) is 1. The molecule has 0 bridgehead atoms. The molecule has 1 atom stereocenters. The fourth-order valence-electron chi connectivity index (χ4n) is 1.61. The van der Waals surface area contributed by atoms with Crippen molar-refractivity contribution in [2.75, 3.05) is 0 Å². The molecule has 0 radical (unpaired) electrons. The maximum atomic E-state index is 13.0. The van der Waals surface area contributed by atoms with Crippen molar-refractivity contribution in [3.05, 3.63) is 35.8 Å². The van der Waals surface area contributed by atoms with E-state index >= 15 is 0 Å². The summed E-state index contributed by atoms with van der Waals surface area (Å²) in [5.41, 5.74) is 1.36. The number of H-pyrrole nitrogens is 1. The van der Waals surface area contributed by atoms with Gasteiger partial charge in [-0.05, 0) is 30.7 Å². The minimum absolute atomic E-state index is 0.360. The molecule has 0 aliphatic carbocycles. The van der Waals surface area contributed by atoms with Gasteiger partial charge in [0.2, 0.25) is 0 Å². The molecule has 1 unspecified atom stereocenters. The fourth-order valence-corrected chi connectivity index (χ4v) is 1.61. The van der Waals surface area contributed by atoms with Crippen molar-refractivity contribution >= 4 is 16.9 Å². The summed E-state index contributed by atoms with van der Waals surface area (Å²) in [7, 11) is 0. The minimum atomic E-state index is -0.917. The third kappa shape index (κ3) is 1.58. The van der Waals surface area contributed by atoms with Gasteiger partial charge in [0, 0.05) is 17.1 Å². The van der Waals surface area contributed by atoms with E-state index in [0.29, 0.717) is 10.9 Å². The van der Waals surface area contributed by atoms with Crippen LogP contribution in [0.3, 0.4) is 0 Å². The Morgan fingerprint density at radius 3 is 2.93 bits per heavy atom. The van der Waals surface area contributed by atoms with Crippen LogP contribution >= 0.6 is 0 Å². The zero-order valence-corrected chi connectivity index (χ0v) is 8.12. The van der Waals surface area contributed by atoms with E-state index in [0.717, 1.165) is 5.52 Å². The number of halogens is 1. The van der Waals surface area contributed by atoms with E-state index < -0.39 is 11.9 Å². The van der Waals surface area contributed by atoms with Gasteiger partial charge in [0.15, 0.2) is 0 Å². The first-order chi connectivity index (χ1) is 7.09. The maximum Gasteiger partial charge on any atom is 0.310 e. The Balaban J connectivity index is 2.61. The molecule has 0 spiro atoms. The van der Waals surface area contributed by atoms with Crippen molar-refractivity contribution in [2.24, 2.45) is 0 Å². The van der Waals surface area contributed by atoms with Gasteiger partial charge in [0.05, 0.1) is 5.92 Å². The van der Waals surface area contributed by atoms with Gasteiger partial charge in [0.1, 0.15) is 5.82 Å². The largest absolute Gasteiger partial charge is 0.481 e. The molecule has 2 N–H and O–H groups in total. The second-order valence-corrected chi connectivity index (χ2v) is 3.49.